The van der Waals surface area contributed by atoms with E-state index in [1.807, 2.05) is 0 Å². The van der Waals surface area contributed by atoms with Crippen LogP contribution in [0.2, 0.25) is 0 Å². The van der Waals surface area contributed by atoms with Gasteiger partial charge in [-0.15, -0.1) is 0 Å². The lowest BCUT2D eigenvalue weighted by molar-refractivity contribution is -0.137. The molecule has 0 spiro atoms. The summed E-state index contributed by atoms with van der Waals surface area (Å²) in [6.07, 6.45) is -2.23. The van der Waals surface area contributed by atoms with E-state index >= 15 is 0 Å². The summed E-state index contributed by atoms with van der Waals surface area (Å²) in [6, 6.07) is 2.65. The van der Waals surface area contributed by atoms with E-state index in [1.165, 1.54) is 0 Å². The number of hydrogen-bond donors (Lipinski definition) is 1. The number of halogens is 4. The van der Waals surface area contributed by atoms with Crippen molar-refractivity contribution < 1.29 is 17.6 Å². The first-order valence-corrected chi connectivity index (χ1v) is 5.86. The fourth-order valence-corrected chi connectivity index (χ4v) is 1.81. The van der Waals surface area contributed by atoms with Crippen molar-refractivity contribution in [3.05, 3.63) is 35.1 Å². The number of hydrogen-bond acceptors (Lipinski definition) is 1. The van der Waals surface area contributed by atoms with Gasteiger partial charge in [0.15, 0.2) is 0 Å². The normalized spacial score (nSPS) is 17.8. The average molecular weight is 261 g/mol. The van der Waals surface area contributed by atoms with Crippen LogP contribution < -0.4 is 5.32 Å². The minimum atomic E-state index is -4.50. The highest BCUT2D eigenvalue weighted by atomic mass is 19.4. The van der Waals surface area contributed by atoms with Gasteiger partial charge in [0, 0.05) is 13.1 Å². The first-order valence-electron chi connectivity index (χ1n) is 5.86. The monoisotopic (exact) mass is 261 g/mol. The van der Waals surface area contributed by atoms with Crippen molar-refractivity contribution >= 4 is 0 Å². The predicted molar refractivity (Wildman–Crippen MR) is 60.4 cm³/mol. The second-order valence-corrected chi connectivity index (χ2v) is 5.26. The van der Waals surface area contributed by atoms with Gasteiger partial charge in [-0.1, -0.05) is 6.92 Å². The summed E-state index contributed by atoms with van der Waals surface area (Å²) in [5, 5.41) is 3.08. The summed E-state index contributed by atoms with van der Waals surface area (Å²) in [5.41, 5.74) is -0.330. The van der Waals surface area contributed by atoms with Gasteiger partial charge in [-0.3, -0.25) is 0 Å². The third-order valence-electron chi connectivity index (χ3n) is 3.27. The van der Waals surface area contributed by atoms with Crippen LogP contribution in [0.3, 0.4) is 0 Å². The summed E-state index contributed by atoms with van der Waals surface area (Å²) in [4.78, 5) is 0. The van der Waals surface area contributed by atoms with Gasteiger partial charge in [0.25, 0.3) is 0 Å². The molecule has 0 atom stereocenters. The molecule has 1 aliphatic rings. The van der Waals surface area contributed by atoms with Crippen molar-refractivity contribution in [3.63, 3.8) is 0 Å². The van der Waals surface area contributed by atoms with Gasteiger partial charge in [-0.05, 0) is 42.0 Å². The third-order valence-corrected chi connectivity index (χ3v) is 3.27. The summed E-state index contributed by atoms with van der Waals surface area (Å²) in [6.45, 7) is 3.13. The highest BCUT2D eigenvalue weighted by Gasteiger charge is 2.36. The Kier molecular flexibility index (Phi) is 3.36. The van der Waals surface area contributed by atoms with Crippen molar-refractivity contribution in [2.75, 3.05) is 6.54 Å². The van der Waals surface area contributed by atoms with Crippen LogP contribution in [-0.4, -0.2) is 6.54 Å². The van der Waals surface area contributed by atoms with Crippen molar-refractivity contribution in [1.29, 1.82) is 0 Å². The van der Waals surface area contributed by atoms with Gasteiger partial charge in [0.2, 0.25) is 0 Å². The van der Waals surface area contributed by atoms with Crippen LogP contribution in [-0.2, 0) is 12.7 Å². The SMILES string of the molecule is CC1(CNCc2cc(F)cc(C(F)(F)F)c2)CC1. The lowest BCUT2D eigenvalue weighted by Crippen LogP contribution is -2.21. The molecule has 1 fully saturated rings. The van der Waals surface area contributed by atoms with Crippen molar-refractivity contribution in [1.82, 2.24) is 5.32 Å². The topological polar surface area (TPSA) is 12.0 Å². The smallest absolute Gasteiger partial charge is 0.312 e. The standard InChI is InChI=1S/C13H15F4N/c1-12(2-3-12)8-18-7-9-4-10(13(15,16)17)6-11(14)5-9/h4-6,18H,2-3,7-8H2,1H3. The Balaban J connectivity index is 2.01. The molecule has 5 heteroatoms. The lowest BCUT2D eigenvalue weighted by Gasteiger charge is -2.12. The van der Waals surface area contributed by atoms with Gasteiger partial charge in [-0.2, -0.15) is 13.2 Å². The number of rotatable bonds is 4. The minimum Gasteiger partial charge on any atom is -0.312 e. The van der Waals surface area contributed by atoms with E-state index in [4.69, 9.17) is 0 Å². The zero-order chi connectivity index (χ0) is 13.4. The van der Waals surface area contributed by atoms with E-state index in [-0.39, 0.29) is 12.0 Å². The predicted octanol–water partition coefficient (Wildman–Crippen LogP) is 3.73. The van der Waals surface area contributed by atoms with Crippen molar-refractivity contribution in [3.8, 4) is 0 Å². The second-order valence-electron chi connectivity index (χ2n) is 5.26. The van der Waals surface area contributed by atoms with Gasteiger partial charge in [0.05, 0.1) is 5.56 Å². The minimum absolute atomic E-state index is 0.260. The third kappa shape index (κ3) is 3.45. The molecule has 1 saturated carbocycles. The van der Waals surface area contributed by atoms with Gasteiger partial charge < -0.3 is 5.32 Å². The van der Waals surface area contributed by atoms with E-state index in [0.717, 1.165) is 31.5 Å². The Morgan fingerprint density at radius 1 is 1.22 bits per heavy atom. The molecule has 0 unspecified atom stereocenters. The highest BCUT2D eigenvalue weighted by Crippen LogP contribution is 2.44. The maximum absolute atomic E-state index is 13.1. The molecule has 0 amide bonds. The quantitative estimate of drug-likeness (QED) is 0.814. The molecule has 1 aromatic rings. The van der Waals surface area contributed by atoms with Crippen LogP contribution in [0.4, 0.5) is 17.6 Å². The first kappa shape index (κ1) is 13.3. The zero-order valence-corrected chi connectivity index (χ0v) is 10.1. The van der Waals surface area contributed by atoms with Crippen LogP contribution in [0.25, 0.3) is 0 Å². The van der Waals surface area contributed by atoms with E-state index in [0.29, 0.717) is 11.6 Å². The zero-order valence-electron chi connectivity index (χ0n) is 10.1. The van der Waals surface area contributed by atoms with Gasteiger partial charge in [0.1, 0.15) is 5.82 Å². The molecule has 0 saturated heterocycles. The number of nitrogens with one attached hydrogen (secondary N) is 1. The largest absolute Gasteiger partial charge is 0.416 e. The number of alkyl halides is 3. The lowest BCUT2D eigenvalue weighted by atomic mass is 10.1. The Labute approximate surface area is 103 Å². The fraction of sp³-hybridized carbons (Fsp3) is 0.538. The van der Waals surface area contributed by atoms with Crippen LogP contribution in [0.5, 0.6) is 0 Å². The van der Waals surface area contributed by atoms with Crippen LogP contribution in [0.15, 0.2) is 18.2 Å². The number of benzene rings is 1. The summed E-state index contributed by atoms with van der Waals surface area (Å²) in [7, 11) is 0. The van der Waals surface area contributed by atoms with Gasteiger partial charge >= 0.3 is 6.18 Å². The fourth-order valence-electron chi connectivity index (χ4n) is 1.81. The molecule has 0 radical (unpaired) electrons. The van der Waals surface area contributed by atoms with Crippen LogP contribution >= 0.6 is 0 Å². The Hall–Kier alpha value is -1.10. The Bertz CT molecular complexity index is 435. The molecule has 100 valence electrons. The molecule has 18 heavy (non-hydrogen) atoms. The summed E-state index contributed by atoms with van der Waals surface area (Å²) < 4.78 is 50.6. The highest BCUT2D eigenvalue weighted by molar-refractivity contribution is 5.26. The van der Waals surface area contributed by atoms with Gasteiger partial charge in [-0.25, -0.2) is 4.39 Å². The molecule has 1 aliphatic carbocycles. The van der Waals surface area contributed by atoms with E-state index in [1.54, 1.807) is 0 Å². The Morgan fingerprint density at radius 2 is 1.89 bits per heavy atom. The van der Waals surface area contributed by atoms with Crippen LogP contribution in [0.1, 0.15) is 30.9 Å². The van der Waals surface area contributed by atoms with Crippen LogP contribution in [0, 0.1) is 11.2 Å². The molecule has 1 N–H and O–H groups in total. The molecular weight excluding hydrogens is 246 g/mol. The summed E-state index contributed by atoms with van der Waals surface area (Å²) in [5.74, 6) is -0.848. The van der Waals surface area contributed by atoms with E-state index in [9.17, 15) is 17.6 Å². The second kappa shape index (κ2) is 4.53. The first-order chi connectivity index (χ1) is 8.28. The van der Waals surface area contributed by atoms with Crippen molar-refractivity contribution in [2.24, 2.45) is 5.41 Å². The molecular formula is C13H15F4N. The maximum atomic E-state index is 13.1. The molecule has 1 aromatic carbocycles. The molecule has 2 rings (SSSR count). The molecule has 0 aliphatic heterocycles. The summed E-state index contributed by atoms with van der Waals surface area (Å²) >= 11 is 0. The Morgan fingerprint density at radius 3 is 2.44 bits per heavy atom. The average Bonchev–Trinajstić information content (AvgIpc) is 2.94. The molecule has 0 bridgehead atoms. The van der Waals surface area contributed by atoms with E-state index < -0.39 is 17.6 Å². The molecule has 1 nitrogen and oxygen atoms in total. The molecule has 0 aromatic heterocycles. The maximum Gasteiger partial charge on any atom is 0.416 e. The molecule has 0 heterocycles. The van der Waals surface area contributed by atoms with E-state index in [2.05, 4.69) is 12.2 Å². The van der Waals surface area contributed by atoms with Crippen molar-refractivity contribution in [2.45, 2.75) is 32.5 Å².